The number of carbonyl (C=O) groups excluding carboxylic acids is 2. The second-order valence-electron chi connectivity index (χ2n) is 5.09. The molecule has 0 bridgehead atoms. The maximum absolute atomic E-state index is 13.4. The number of rotatable bonds is 5. The fourth-order valence-corrected chi connectivity index (χ4v) is 4.39. The predicted octanol–water partition coefficient (Wildman–Crippen LogP) is 4.52. The van der Waals surface area contributed by atoms with E-state index in [4.69, 9.17) is 17.3 Å². The lowest BCUT2D eigenvalue weighted by molar-refractivity contribution is -0.115. The summed E-state index contributed by atoms with van der Waals surface area (Å²) in [6.45, 7) is 0. The minimum atomic E-state index is -0.444. The van der Waals surface area contributed by atoms with Crippen molar-refractivity contribution >= 4 is 62.3 Å². The molecule has 0 radical (unpaired) electrons. The van der Waals surface area contributed by atoms with Gasteiger partial charge in [0, 0.05) is 15.0 Å². The molecule has 25 heavy (non-hydrogen) atoms. The van der Waals surface area contributed by atoms with Crippen LogP contribution < -0.4 is 11.1 Å². The van der Waals surface area contributed by atoms with Gasteiger partial charge in [0.1, 0.15) is 10.7 Å². The summed E-state index contributed by atoms with van der Waals surface area (Å²) in [6, 6.07) is 11.3. The molecule has 4 nitrogen and oxygen atoms in total. The van der Waals surface area contributed by atoms with Crippen LogP contribution in [0.2, 0.25) is 5.02 Å². The molecule has 1 heterocycles. The molecule has 2 aromatic carbocycles. The quantitative estimate of drug-likeness (QED) is 0.625. The fraction of sp³-hybridized carbons (Fsp3) is 0.0588. The van der Waals surface area contributed by atoms with Crippen molar-refractivity contribution in [1.29, 1.82) is 0 Å². The smallest absolute Gasteiger partial charge is 0.267 e. The van der Waals surface area contributed by atoms with Crippen molar-refractivity contribution in [2.45, 2.75) is 4.90 Å². The van der Waals surface area contributed by atoms with Crippen molar-refractivity contribution in [2.24, 2.45) is 5.73 Å². The lowest BCUT2D eigenvalue weighted by atomic mass is 10.2. The van der Waals surface area contributed by atoms with Crippen LogP contribution in [0.4, 0.5) is 10.1 Å². The Balaban J connectivity index is 1.88. The number of carbonyl (C=O) groups is 2. The number of anilines is 1. The number of thioether (sulfide) groups is 1. The van der Waals surface area contributed by atoms with Crippen LogP contribution in [0.5, 0.6) is 0 Å². The first-order valence-electron chi connectivity index (χ1n) is 7.14. The van der Waals surface area contributed by atoms with Crippen molar-refractivity contribution in [2.75, 3.05) is 11.1 Å². The molecule has 128 valence electrons. The summed E-state index contributed by atoms with van der Waals surface area (Å²) < 4.78 is 14.0. The normalized spacial score (nSPS) is 10.8. The van der Waals surface area contributed by atoms with Crippen molar-refractivity contribution in [3.63, 3.8) is 0 Å². The fourth-order valence-electron chi connectivity index (χ4n) is 2.21. The highest BCUT2D eigenvalue weighted by Gasteiger charge is 2.18. The number of halogens is 2. The van der Waals surface area contributed by atoms with Gasteiger partial charge in [0.2, 0.25) is 5.91 Å². The van der Waals surface area contributed by atoms with E-state index >= 15 is 0 Å². The maximum atomic E-state index is 13.4. The average Bonchev–Trinajstić information content (AvgIpc) is 2.90. The van der Waals surface area contributed by atoms with Crippen LogP contribution in [0.25, 0.3) is 10.1 Å². The first-order valence-corrected chi connectivity index (χ1v) is 9.32. The van der Waals surface area contributed by atoms with E-state index in [2.05, 4.69) is 5.32 Å². The number of fused-ring (bicyclic) bond motifs is 1. The first-order chi connectivity index (χ1) is 12.0. The minimum Gasteiger partial charge on any atom is -0.369 e. The standard InChI is InChI=1S/C17H12ClFN2O2S2/c18-15-10-6-5-9(19)7-13(10)25-16(15)17(23)21-11-3-1-2-4-12(11)24-8-14(20)22/h1-7H,8H2,(H2,20,22)(H,21,23). The zero-order valence-electron chi connectivity index (χ0n) is 12.7. The summed E-state index contributed by atoms with van der Waals surface area (Å²) >= 11 is 8.63. The molecule has 0 fully saturated rings. The van der Waals surface area contributed by atoms with Gasteiger partial charge in [-0.15, -0.1) is 23.1 Å². The van der Waals surface area contributed by atoms with Crippen LogP contribution in [-0.4, -0.2) is 17.6 Å². The average molecular weight is 395 g/mol. The van der Waals surface area contributed by atoms with Crippen molar-refractivity contribution < 1.29 is 14.0 Å². The Morgan fingerprint density at radius 3 is 2.76 bits per heavy atom. The second kappa shape index (κ2) is 7.43. The summed E-state index contributed by atoms with van der Waals surface area (Å²) in [5.74, 6) is -1.11. The van der Waals surface area contributed by atoms with Gasteiger partial charge in [-0.05, 0) is 30.3 Å². The Bertz CT molecular complexity index is 974. The van der Waals surface area contributed by atoms with Crippen LogP contribution in [0.15, 0.2) is 47.4 Å². The molecule has 0 saturated heterocycles. The molecule has 3 aromatic rings. The highest BCUT2D eigenvalue weighted by Crippen LogP contribution is 2.36. The van der Waals surface area contributed by atoms with E-state index in [9.17, 15) is 14.0 Å². The SMILES string of the molecule is NC(=O)CSc1ccccc1NC(=O)c1sc2cc(F)ccc2c1Cl. The number of benzene rings is 2. The van der Waals surface area contributed by atoms with Gasteiger partial charge in [-0.2, -0.15) is 0 Å². The van der Waals surface area contributed by atoms with E-state index in [1.807, 2.05) is 0 Å². The molecule has 0 spiro atoms. The lowest BCUT2D eigenvalue weighted by Gasteiger charge is -2.09. The van der Waals surface area contributed by atoms with Gasteiger partial charge in [0.05, 0.1) is 16.5 Å². The van der Waals surface area contributed by atoms with Gasteiger partial charge in [-0.1, -0.05) is 23.7 Å². The highest BCUT2D eigenvalue weighted by molar-refractivity contribution is 8.00. The molecule has 0 atom stereocenters. The number of hydrogen-bond donors (Lipinski definition) is 2. The van der Waals surface area contributed by atoms with Gasteiger partial charge < -0.3 is 11.1 Å². The summed E-state index contributed by atoms with van der Waals surface area (Å²) in [6.07, 6.45) is 0. The number of nitrogens with two attached hydrogens (primary N) is 1. The Morgan fingerprint density at radius 1 is 1.24 bits per heavy atom. The summed E-state index contributed by atoms with van der Waals surface area (Å²) in [4.78, 5) is 24.6. The molecular formula is C17H12ClFN2O2S2. The van der Waals surface area contributed by atoms with Crippen molar-refractivity contribution in [3.8, 4) is 0 Å². The molecule has 3 N–H and O–H groups in total. The van der Waals surface area contributed by atoms with Gasteiger partial charge in [0.25, 0.3) is 5.91 Å². The molecule has 3 rings (SSSR count). The van der Waals surface area contributed by atoms with E-state index in [0.717, 1.165) is 16.2 Å². The Morgan fingerprint density at radius 2 is 2.00 bits per heavy atom. The molecule has 1 aromatic heterocycles. The zero-order chi connectivity index (χ0) is 18.0. The molecule has 2 amide bonds. The number of amides is 2. The predicted molar refractivity (Wildman–Crippen MR) is 101 cm³/mol. The van der Waals surface area contributed by atoms with Crippen LogP contribution >= 0.6 is 34.7 Å². The largest absolute Gasteiger partial charge is 0.369 e. The van der Waals surface area contributed by atoms with Crippen LogP contribution in [-0.2, 0) is 4.79 Å². The van der Waals surface area contributed by atoms with Crippen molar-refractivity contribution in [3.05, 3.63) is 58.2 Å². The Labute approximate surface area is 156 Å². The second-order valence-corrected chi connectivity index (χ2v) is 7.54. The van der Waals surface area contributed by atoms with Crippen molar-refractivity contribution in [1.82, 2.24) is 0 Å². The Kier molecular flexibility index (Phi) is 5.27. The highest BCUT2D eigenvalue weighted by atomic mass is 35.5. The van der Waals surface area contributed by atoms with Gasteiger partial charge >= 0.3 is 0 Å². The van der Waals surface area contributed by atoms with E-state index in [0.29, 0.717) is 25.7 Å². The molecule has 0 aliphatic carbocycles. The maximum Gasteiger partial charge on any atom is 0.267 e. The first kappa shape index (κ1) is 17.7. The summed E-state index contributed by atoms with van der Waals surface area (Å²) in [5.41, 5.74) is 5.72. The zero-order valence-corrected chi connectivity index (χ0v) is 15.1. The number of hydrogen-bond acceptors (Lipinski definition) is 4. The van der Waals surface area contributed by atoms with Gasteiger partial charge in [-0.25, -0.2) is 4.39 Å². The topological polar surface area (TPSA) is 72.2 Å². The van der Waals surface area contributed by atoms with Gasteiger partial charge in [0.15, 0.2) is 0 Å². The molecular weight excluding hydrogens is 383 g/mol. The molecule has 0 aliphatic rings. The minimum absolute atomic E-state index is 0.107. The number of primary amides is 1. The third-order valence-electron chi connectivity index (χ3n) is 3.30. The molecule has 8 heteroatoms. The lowest BCUT2D eigenvalue weighted by Crippen LogP contribution is -2.14. The molecule has 0 unspecified atom stereocenters. The molecule has 0 aliphatic heterocycles. The van der Waals surface area contributed by atoms with Crippen LogP contribution in [0.3, 0.4) is 0 Å². The van der Waals surface area contributed by atoms with E-state index in [-0.39, 0.29) is 11.6 Å². The number of nitrogens with one attached hydrogen (secondary N) is 1. The third-order valence-corrected chi connectivity index (χ3v) is 6.05. The Hall–Kier alpha value is -2.09. The van der Waals surface area contributed by atoms with E-state index in [1.165, 1.54) is 23.9 Å². The van der Waals surface area contributed by atoms with E-state index < -0.39 is 11.8 Å². The summed E-state index contributed by atoms with van der Waals surface area (Å²) in [5, 5.41) is 3.71. The van der Waals surface area contributed by atoms with Gasteiger partial charge in [-0.3, -0.25) is 9.59 Å². The summed E-state index contributed by atoms with van der Waals surface area (Å²) in [7, 11) is 0. The third kappa shape index (κ3) is 3.95. The number of para-hydroxylation sites is 1. The van der Waals surface area contributed by atoms with Crippen LogP contribution in [0, 0.1) is 5.82 Å². The number of thiophene rings is 1. The monoisotopic (exact) mass is 394 g/mol. The molecule has 0 saturated carbocycles. The van der Waals surface area contributed by atoms with Crippen LogP contribution in [0.1, 0.15) is 9.67 Å². The van der Waals surface area contributed by atoms with E-state index in [1.54, 1.807) is 30.3 Å².